The second-order valence-corrected chi connectivity index (χ2v) is 2.72. The van der Waals surface area contributed by atoms with Crippen molar-refractivity contribution >= 4 is 22.3 Å². The van der Waals surface area contributed by atoms with Crippen LogP contribution in [-0.4, -0.2) is 25.5 Å². The molecule has 70 valence electrons. The number of carbonyl (C=O) groups is 1. The van der Waals surface area contributed by atoms with E-state index in [4.69, 9.17) is 11.1 Å². The fraction of sp³-hybridized carbons (Fsp3) is 0. The van der Waals surface area contributed by atoms with Gasteiger partial charge in [-0.15, -0.1) is 9.35 Å². The second-order valence-electron chi connectivity index (χ2n) is 1.59. The zero-order chi connectivity index (χ0) is 9.94. The lowest BCUT2D eigenvalue weighted by molar-refractivity contribution is 0.0654. The van der Waals surface area contributed by atoms with E-state index in [-0.39, 0.29) is 5.06 Å². The first-order chi connectivity index (χ1) is 5.24. The molecule has 0 aromatic rings. The number of carbonyl (C=O) groups excluding carboxylic acids is 1. The van der Waals surface area contributed by atoms with Crippen LogP contribution in [0.2, 0.25) is 0 Å². The van der Waals surface area contributed by atoms with Crippen LogP contribution in [0.15, 0.2) is 0 Å². The number of amides is 2. The molecule has 2 amide bonds. The van der Waals surface area contributed by atoms with Crippen LogP contribution in [0.3, 0.4) is 0 Å². The quantitative estimate of drug-likeness (QED) is 0.216. The van der Waals surface area contributed by atoms with Crippen molar-refractivity contribution in [2.45, 2.75) is 0 Å². The van der Waals surface area contributed by atoms with Crippen LogP contribution in [0.25, 0.3) is 0 Å². The highest BCUT2D eigenvalue weighted by Gasteiger charge is 2.19. The van der Waals surface area contributed by atoms with E-state index < -0.39 is 22.3 Å². The van der Waals surface area contributed by atoms with Gasteiger partial charge >= 0.3 is 16.3 Å². The maximum atomic E-state index is 10.3. The third-order valence-electron chi connectivity index (χ3n) is 0.597. The van der Waals surface area contributed by atoms with E-state index in [0.717, 1.165) is 0 Å². The molecule has 0 atom stereocenters. The Morgan fingerprint density at radius 3 is 1.92 bits per heavy atom. The smallest absolute Gasteiger partial charge is 0.354 e. The Morgan fingerprint density at radius 2 is 1.83 bits per heavy atom. The zero-order valence-electron chi connectivity index (χ0n) is 5.72. The third-order valence-corrected chi connectivity index (χ3v) is 0.954. The molecule has 12 heavy (non-hydrogen) atoms. The lowest BCUT2D eigenvalue weighted by Crippen LogP contribution is -2.46. The van der Waals surface area contributed by atoms with Crippen molar-refractivity contribution in [3.63, 3.8) is 0 Å². The second kappa shape index (κ2) is 3.34. The maximum absolute atomic E-state index is 10.3. The summed E-state index contributed by atoms with van der Waals surface area (Å²) in [6.07, 6.45) is 0. The SMILES string of the molecule is N=C(N)N(OS(N)(=O)=O)C(N)=O. The summed E-state index contributed by atoms with van der Waals surface area (Å²) in [6.45, 7) is 0. The van der Waals surface area contributed by atoms with Gasteiger partial charge in [0.15, 0.2) is 0 Å². The standard InChI is InChI=1S/C2H7N5O4S/c3-1(4)7(2(5)8)11-12(6,9)10/h(H3,3,4)(H2,5,8)(H2,6,9,10). The van der Waals surface area contributed by atoms with Gasteiger partial charge in [0.1, 0.15) is 0 Å². The largest absolute Gasteiger partial charge is 0.368 e. The Balaban J connectivity index is 4.58. The molecule has 0 radical (unpaired) electrons. The highest BCUT2D eigenvalue weighted by Crippen LogP contribution is 1.91. The van der Waals surface area contributed by atoms with Crippen molar-refractivity contribution in [1.82, 2.24) is 5.06 Å². The minimum absolute atomic E-state index is 0.171. The molecule has 0 aliphatic carbocycles. The number of nitrogens with zero attached hydrogens (tertiary/aromatic N) is 1. The average molecular weight is 197 g/mol. The Labute approximate surface area is 67.8 Å². The molecular weight excluding hydrogens is 190 g/mol. The molecule has 0 saturated heterocycles. The van der Waals surface area contributed by atoms with Crippen molar-refractivity contribution in [1.29, 1.82) is 5.41 Å². The number of nitrogens with two attached hydrogens (primary N) is 3. The molecule has 0 spiro atoms. The normalized spacial score (nSPS) is 10.8. The van der Waals surface area contributed by atoms with E-state index in [1.165, 1.54) is 0 Å². The Hall–Kier alpha value is -1.39. The average Bonchev–Trinajstić information content (AvgIpc) is 1.79. The van der Waals surface area contributed by atoms with Gasteiger partial charge in [0, 0.05) is 0 Å². The predicted molar refractivity (Wildman–Crippen MR) is 37.5 cm³/mol. The fourth-order valence-electron chi connectivity index (χ4n) is 0.299. The summed E-state index contributed by atoms with van der Waals surface area (Å²) in [5, 5.41) is 10.8. The van der Waals surface area contributed by atoms with Crippen molar-refractivity contribution in [2.24, 2.45) is 16.6 Å². The zero-order valence-corrected chi connectivity index (χ0v) is 6.54. The van der Waals surface area contributed by atoms with Crippen LogP contribution in [0.1, 0.15) is 0 Å². The van der Waals surface area contributed by atoms with Gasteiger partial charge in [-0.3, -0.25) is 5.41 Å². The first-order valence-electron chi connectivity index (χ1n) is 2.40. The van der Waals surface area contributed by atoms with Crippen LogP contribution in [0.4, 0.5) is 4.79 Å². The molecular formula is C2H7N5O4S. The molecule has 9 nitrogen and oxygen atoms in total. The summed E-state index contributed by atoms with van der Waals surface area (Å²) in [5.41, 5.74) is 9.27. The van der Waals surface area contributed by atoms with Crippen LogP contribution >= 0.6 is 0 Å². The van der Waals surface area contributed by atoms with Crippen molar-refractivity contribution in [3.05, 3.63) is 0 Å². The summed E-state index contributed by atoms with van der Waals surface area (Å²) < 4.78 is 24.1. The fourth-order valence-corrected chi connectivity index (χ4v) is 0.661. The van der Waals surface area contributed by atoms with Crippen LogP contribution in [0.5, 0.6) is 0 Å². The number of primary amides is 1. The highest BCUT2D eigenvalue weighted by molar-refractivity contribution is 7.84. The van der Waals surface area contributed by atoms with Gasteiger partial charge in [0.25, 0.3) is 0 Å². The molecule has 10 heteroatoms. The van der Waals surface area contributed by atoms with Crippen LogP contribution in [-0.2, 0) is 14.6 Å². The van der Waals surface area contributed by atoms with E-state index in [1.54, 1.807) is 0 Å². The summed E-state index contributed by atoms with van der Waals surface area (Å²) in [4.78, 5) is 10.3. The first-order valence-corrected chi connectivity index (χ1v) is 3.87. The van der Waals surface area contributed by atoms with Gasteiger partial charge in [0.2, 0.25) is 5.96 Å². The number of guanidine groups is 1. The van der Waals surface area contributed by atoms with Crippen molar-refractivity contribution in [2.75, 3.05) is 0 Å². The van der Waals surface area contributed by atoms with E-state index in [1.807, 2.05) is 0 Å². The number of nitrogens with one attached hydrogen (secondary N) is 1. The van der Waals surface area contributed by atoms with E-state index >= 15 is 0 Å². The molecule has 0 rings (SSSR count). The lowest BCUT2D eigenvalue weighted by Gasteiger charge is -2.13. The minimum Gasteiger partial charge on any atom is -0.368 e. The monoisotopic (exact) mass is 197 g/mol. The molecule has 0 heterocycles. The van der Waals surface area contributed by atoms with Crippen LogP contribution in [0, 0.1) is 5.41 Å². The molecule has 0 saturated carbocycles. The number of hydrogen-bond acceptors (Lipinski definition) is 5. The molecule has 0 aliphatic rings. The number of urea groups is 1. The Bertz CT molecular complexity index is 281. The van der Waals surface area contributed by atoms with Gasteiger partial charge in [-0.2, -0.15) is 8.42 Å². The third kappa shape index (κ3) is 3.70. The summed E-state index contributed by atoms with van der Waals surface area (Å²) in [5.74, 6) is -0.989. The Morgan fingerprint density at radius 1 is 1.42 bits per heavy atom. The maximum Gasteiger partial charge on any atom is 0.354 e. The lowest BCUT2D eigenvalue weighted by atomic mass is 10.9. The van der Waals surface area contributed by atoms with Gasteiger partial charge in [-0.25, -0.2) is 9.93 Å². The van der Waals surface area contributed by atoms with Crippen molar-refractivity contribution in [3.8, 4) is 0 Å². The van der Waals surface area contributed by atoms with Gasteiger partial charge in [-0.05, 0) is 0 Å². The molecule has 0 unspecified atom stereocenters. The number of hydroxylamine groups is 2. The summed E-state index contributed by atoms with van der Waals surface area (Å²) in [6, 6.07) is -1.36. The predicted octanol–water partition coefficient (Wildman–Crippen LogP) is -2.60. The molecule has 7 N–H and O–H groups in total. The van der Waals surface area contributed by atoms with Gasteiger partial charge in [-0.1, -0.05) is 0 Å². The number of rotatable bonds is 2. The van der Waals surface area contributed by atoms with Gasteiger partial charge < -0.3 is 11.5 Å². The molecule has 0 aliphatic heterocycles. The van der Waals surface area contributed by atoms with E-state index in [2.05, 4.69) is 15.2 Å². The number of hydrogen-bond donors (Lipinski definition) is 4. The highest BCUT2D eigenvalue weighted by atomic mass is 32.2. The van der Waals surface area contributed by atoms with Crippen molar-refractivity contribution < 1.29 is 17.5 Å². The first kappa shape index (κ1) is 10.6. The summed E-state index contributed by atoms with van der Waals surface area (Å²) >= 11 is 0. The van der Waals surface area contributed by atoms with Crippen LogP contribution < -0.4 is 16.6 Å². The van der Waals surface area contributed by atoms with E-state index in [9.17, 15) is 13.2 Å². The van der Waals surface area contributed by atoms with Gasteiger partial charge in [0.05, 0.1) is 0 Å². The van der Waals surface area contributed by atoms with E-state index in [0.29, 0.717) is 0 Å². The molecule has 0 fully saturated rings. The topological polar surface area (TPSA) is 166 Å². The molecule has 0 bridgehead atoms. The minimum atomic E-state index is -4.41. The molecule has 0 aromatic heterocycles. The Kier molecular flexibility index (Phi) is 2.95. The summed E-state index contributed by atoms with van der Waals surface area (Å²) in [7, 11) is -4.41. The molecule has 0 aromatic carbocycles.